The number of aromatic hydroxyl groups is 2. The fraction of sp³-hybridized carbons (Fsp3) is 0.538. The summed E-state index contributed by atoms with van der Waals surface area (Å²) in [6, 6.07) is 9.70. The molecule has 0 fully saturated rings. The molecular weight excluding hydrogens is 344 g/mol. The van der Waals surface area contributed by atoms with Crippen LogP contribution in [0, 0.1) is 13.8 Å². The number of benzene rings is 2. The summed E-state index contributed by atoms with van der Waals surface area (Å²) in [4.78, 5) is 0. The van der Waals surface area contributed by atoms with E-state index in [4.69, 9.17) is 0 Å². The Bertz CT molecular complexity index is 774. The second-order valence-corrected chi connectivity index (χ2v) is 9.84. The molecule has 2 N–H and O–H groups in total. The third kappa shape index (κ3) is 6.58. The van der Waals surface area contributed by atoms with Crippen molar-refractivity contribution in [3.05, 3.63) is 58.1 Å². The summed E-state index contributed by atoms with van der Waals surface area (Å²) in [5.74, 6) is 0.826. The van der Waals surface area contributed by atoms with Crippen LogP contribution in [0.25, 0.3) is 0 Å². The Morgan fingerprint density at radius 2 is 1.36 bits per heavy atom. The van der Waals surface area contributed by atoms with Crippen LogP contribution < -0.4 is 0 Å². The van der Waals surface area contributed by atoms with Crippen molar-refractivity contribution < 1.29 is 10.2 Å². The van der Waals surface area contributed by atoms with E-state index in [0.717, 1.165) is 17.5 Å². The lowest BCUT2D eigenvalue weighted by Gasteiger charge is -2.25. The maximum atomic E-state index is 9.84. The van der Waals surface area contributed by atoms with Gasteiger partial charge in [-0.05, 0) is 77.5 Å². The van der Waals surface area contributed by atoms with E-state index >= 15 is 0 Å². The number of unbranched alkanes of at least 4 members (excludes halogenated alkanes) is 1. The van der Waals surface area contributed by atoms with E-state index in [0.29, 0.717) is 11.5 Å². The molecule has 0 aliphatic rings. The van der Waals surface area contributed by atoms with E-state index in [1.165, 1.54) is 29.5 Å². The van der Waals surface area contributed by atoms with Gasteiger partial charge >= 0.3 is 0 Å². The van der Waals surface area contributed by atoms with Crippen LogP contribution >= 0.6 is 0 Å². The molecule has 2 heteroatoms. The quantitative estimate of drug-likeness (QED) is 0.581. The van der Waals surface area contributed by atoms with Crippen LogP contribution in [0.5, 0.6) is 11.5 Å². The predicted octanol–water partition coefficient (Wildman–Crippen LogP) is 7.34. The molecule has 2 aromatic carbocycles. The Labute approximate surface area is 172 Å². The Morgan fingerprint density at radius 1 is 0.786 bits per heavy atom. The van der Waals surface area contributed by atoms with Crippen molar-refractivity contribution >= 4 is 0 Å². The first kappa shape index (κ1) is 24.1. The minimum absolute atomic E-state index is 0.00859. The van der Waals surface area contributed by atoms with Crippen LogP contribution in [0.1, 0.15) is 89.1 Å². The molecule has 28 heavy (non-hydrogen) atoms. The van der Waals surface area contributed by atoms with Gasteiger partial charge in [-0.15, -0.1) is 0 Å². The Morgan fingerprint density at radius 3 is 1.86 bits per heavy atom. The van der Waals surface area contributed by atoms with Gasteiger partial charge in [-0.3, -0.25) is 0 Å². The average molecular weight is 385 g/mol. The molecule has 0 heterocycles. The van der Waals surface area contributed by atoms with E-state index in [1.807, 2.05) is 19.1 Å². The Hall–Kier alpha value is -1.96. The SMILES string of the molecule is CC(C)(C)c1ccc(O)c(C(C)(C)C)c1.CCCCc1c(C)ccc(O)c1C. The summed E-state index contributed by atoms with van der Waals surface area (Å²) < 4.78 is 0. The molecule has 0 aliphatic heterocycles. The number of hydrogen-bond donors (Lipinski definition) is 2. The van der Waals surface area contributed by atoms with E-state index in [-0.39, 0.29) is 10.8 Å². The fourth-order valence-corrected chi connectivity index (χ4v) is 3.22. The minimum Gasteiger partial charge on any atom is -0.508 e. The monoisotopic (exact) mass is 384 g/mol. The van der Waals surface area contributed by atoms with Crippen LogP contribution in [-0.4, -0.2) is 10.2 Å². The zero-order chi connectivity index (χ0) is 21.7. The second kappa shape index (κ2) is 9.49. The Kier molecular flexibility index (Phi) is 8.16. The van der Waals surface area contributed by atoms with Gasteiger partial charge in [-0.1, -0.05) is 73.1 Å². The lowest BCUT2D eigenvalue weighted by atomic mass is 9.80. The minimum atomic E-state index is -0.00859. The molecule has 0 aliphatic carbocycles. The van der Waals surface area contributed by atoms with E-state index in [9.17, 15) is 10.2 Å². The zero-order valence-corrected chi connectivity index (χ0v) is 19.4. The smallest absolute Gasteiger partial charge is 0.119 e. The number of phenolic OH excluding ortho intramolecular Hbond substituents is 2. The van der Waals surface area contributed by atoms with Gasteiger partial charge in [0.05, 0.1) is 0 Å². The lowest BCUT2D eigenvalue weighted by molar-refractivity contribution is 0.444. The van der Waals surface area contributed by atoms with E-state index in [2.05, 4.69) is 61.5 Å². The van der Waals surface area contributed by atoms with Gasteiger partial charge in [0.25, 0.3) is 0 Å². The molecule has 2 aromatic rings. The Balaban J connectivity index is 0.000000283. The highest BCUT2D eigenvalue weighted by atomic mass is 16.3. The van der Waals surface area contributed by atoms with Crippen LogP contribution in [0.3, 0.4) is 0 Å². The van der Waals surface area contributed by atoms with Crippen molar-refractivity contribution in [3.63, 3.8) is 0 Å². The van der Waals surface area contributed by atoms with Crippen LogP contribution in [-0.2, 0) is 17.3 Å². The van der Waals surface area contributed by atoms with Crippen molar-refractivity contribution in [2.24, 2.45) is 0 Å². The summed E-state index contributed by atoms with van der Waals surface area (Å²) in [6.45, 7) is 19.2. The molecule has 0 amide bonds. The zero-order valence-electron chi connectivity index (χ0n) is 19.4. The molecule has 0 bridgehead atoms. The maximum absolute atomic E-state index is 9.84. The summed E-state index contributed by atoms with van der Waals surface area (Å²) in [6.07, 6.45) is 3.49. The first-order valence-corrected chi connectivity index (χ1v) is 10.4. The molecule has 0 aromatic heterocycles. The molecule has 156 valence electrons. The molecule has 0 radical (unpaired) electrons. The molecule has 2 rings (SSSR count). The van der Waals surface area contributed by atoms with Crippen molar-refractivity contribution in [1.82, 2.24) is 0 Å². The van der Waals surface area contributed by atoms with Gasteiger partial charge in [-0.25, -0.2) is 0 Å². The normalized spacial score (nSPS) is 11.8. The first-order valence-electron chi connectivity index (χ1n) is 10.4. The molecule has 0 saturated heterocycles. The highest BCUT2D eigenvalue weighted by Gasteiger charge is 2.21. The third-order valence-corrected chi connectivity index (χ3v) is 5.26. The van der Waals surface area contributed by atoms with Crippen molar-refractivity contribution in [1.29, 1.82) is 0 Å². The highest BCUT2D eigenvalue weighted by molar-refractivity contribution is 5.43. The van der Waals surface area contributed by atoms with Crippen molar-refractivity contribution in [2.45, 2.75) is 92.4 Å². The van der Waals surface area contributed by atoms with Gasteiger partial charge in [0.1, 0.15) is 11.5 Å². The lowest BCUT2D eigenvalue weighted by Crippen LogP contribution is -2.16. The molecular formula is C26H40O2. The summed E-state index contributed by atoms with van der Waals surface area (Å²) in [5, 5.41) is 19.4. The van der Waals surface area contributed by atoms with Gasteiger partial charge < -0.3 is 10.2 Å². The van der Waals surface area contributed by atoms with Crippen molar-refractivity contribution in [3.8, 4) is 11.5 Å². The molecule has 2 nitrogen and oxygen atoms in total. The van der Waals surface area contributed by atoms with Crippen LogP contribution in [0.15, 0.2) is 30.3 Å². The van der Waals surface area contributed by atoms with Crippen LogP contribution in [0.4, 0.5) is 0 Å². The molecule has 0 unspecified atom stereocenters. The highest BCUT2D eigenvalue weighted by Crippen LogP contribution is 2.34. The maximum Gasteiger partial charge on any atom is 0.119 e. The van der Waals surface area contributed by atoms with Gasteiger partial charge in [-0.2, -0.15) is 0 Å². The van der Waals surface area contributed by atoms with Crippen LogP contribution in [0.2, 0.25) is 0 Å². The third-order valence-electron chi connectivity index (χ3n) is 5.26. The summed E-state index contributed by atoms with van der Waals surface area (Å²) in [7, 11) is 0. The predicted molar refractivity (Wildman–Crippen MR) is 122 cm³/mol. The number of aryl methyl sites for hydroxylation is 1. The van der Waals surface area contributed by atoms with Crippen molar-refractivity contribution in [2.75, 3.05) is 0 Å². The largest absolute Gasteiger partial charge is 0.508 e. The summed E-state index contributed by atoms with van der Waals surface area (Å²) >= 11 is 0. The average Bonchev–Trinajstić information content (AvgIpc) is 2.57. The second-order valence-electron chi connectivity index (χ2n) is 9.84. The number of rotatable bonds is 3. The summed E-state index contributed by atoms with van der Waals surface area (Å²) in [5.41, 5.74) is 6.08. The molecule has 0 atom stereocenters. The standard InChI is InChI=1S/C14H22O.C12H18O/c1-13(2,3)10-7-8-12(15)11(9-10)14(4,5)6;1-4-5-6-11-9(2)7-8-12(13)10(11)3/h7-9,15H,1-6H3;7-8,13H,4-6H2,1-3H3. The van der Waals surface area contributed by atoms with E-state index < -0.39 is 0 Å². The van der Waals surface area contributed by atoms with Gasteiger partial charge in [0.15, 0.2) is 0 Å². The molecule has 0 spiro atoms. The number of hydrogen-bond acceptors (Lipinski definition) is 2. The van der Waals surface area contributed by atoms with Gasteiger partial charge in [0, 0.05) is 0 Å². The number of phenols is 2. The van der Waals surface area contributed by atoms with Gasteiger partial charge in [0.2, 0.25) is 0 Å². The first-order chi connectivity index (χ1) is 12.8. The molecule has 0 saturated carbocycles. The van der Waals surface area contributed by atoms with E-state index in [1.54, 1.807) is 12.1 Å². The fourth-order valence-electron chi connectivity index (χ4n) is 3.22. The topological polar surface area (TPSA) is 40.5 Å².